The first-order valence-corrected chi connectivity index (χ1v) is 8.41. The molecule has 0 heterocycles. The fraction of sp³-hybridized carbons (Fsp3) is 0.500. The molecule has 0 saturated heterocycles. The molecule has 0 aliphatic heterocycles. The molecule has 2 atom stereocenters. The predicted octanol–water partition coefficient (Wildman–Crippen LogP) is 1.80. The van der Waals surface area contributed by atoms with Gasteiger partial charge in [0, 0.05) is 13.5 Å². The third kappa shape index (κ3) is 5.27. The van der Waals surface area contributed by atoms with Crippen LogP contribution in [-0.4, -0.2) is 35.5 Å². The Hall–Kier alpha value is -2.44. The summed E-state index contributed by atoms with van der Waals surface area (Å²) in [6.45, 7) is 1.23. The number of aliphatic carboxylic acids is 1. The third-order valence-corrected chi connectivity index (χ3v) is 4.56. The monoisotopic (exact) mass is 350 g/mol. The number of benzene rings is 1. The Morgan fingerprint density at radius 3 is 2.32 bits per heavy atom. The first-order valence-electron chi connectivity index (χ1n) is 8.41. The lowest BCUT2D eigenvalue weighted by molar-refractivity contribution is -0.139. The molecule has 0 bridgehead atoms. The van der Waals surface area contributed by atoms with Crippen LogP contribution in [0.1, 0.15) is 44.1 Å². The SMILES string of the molecule is CC(=O)NC(C(=O)NCC(C(=O)O)c1ccc(F)cc1)C1CCCC1. The van der Waals surface area contributed by atoms with E-state index in [4.69, 9.17) is 0 Å². The van der Waals surface area contributed by atoms with Crippen molar-refractivity contribution >= 4 is 17.8 Å². The van der Waals surface area contributed by atoms with Crippen LogP contribution < -0.4 is 10.6 Å². The summed E-state index contributed by atoms with van der Waals surface area (Å²) in [5, 5.41) is 14.7. The van der Waals surface area contributed by atoms with Crippen LogP contribution in [0.2, 0.25) is 0 Å². The van der Waals surface area contributed by atoms with Crippen molar-refractivity contribution in [3.8, 4) is 0 Å². The zero-order chi connectivity index (χ0) is 18.4. The van der Waals surface area contributed by atoms with E-state index >= 15 is 0 Å². The minimum Gasteiger partial charge on any atom is -0.481 e. The van der Waals surface area contributed by atoms with Crippen molar-refractivity contribution in [2.75, 3.05) is 6.54 Å². The number of amides is 2. The summed E-state index contributed by atoms with van der Waals surface area (Å²) >= 11 is 0. The first-order chi connectivity index (χ1) is 11.9. The number of nitrogens with one attached hydrogen (secondary N) is 2. The Balaban J connectivity index is 2.04. The molecule has 1 aliphatic carbocycles. The van der Waals surface area contributed by atoms with E-state index in [0.29, 0.717) is 5.56 Å². The summed E-state index contributed by atoms with van der Waals surface area (Å²) in [5.41, 5.74) is 0.408. The lowest BCUT2D eigenvalue weighted by atomic mass is 9.96. The molecule has 0 spiro atoms. The maximum Gasteiger partial charge on any atom is 0.312 e. The highest BCUT2D eigenvalue weighted by Crippen LogP contribution is 2.28. The molecule has 2 rings (SSSR count). The number of rotatable bonds is 7. The van der Waals surface area contributed by atoms with E-state index in [0.717, 1.165) is 25.7 Å². The Morgan fingerprint density at radius 1 is 1.20 bits per heavy atom. The quantitative estimate of drug-likeness (QED) is 0.699. The van der Waals surface area contributed by atoms with Gasteiger partial charge in [0.15, 0.2) is 0 Å². The molecular weight excluding hydrogens is 327 g/mol. The normalized spacial score (nSPS) is 16.9. The molecule has 1 saturated carbocycles. The summed E-state index contributed by atoms with van der Waals surface area (Å²) in [6, 6.07) is 4.51. The number of hydrogen-bond donors (Lipinski definition) is 3. The maximum absolute atomic E-state index is 13.0. The van der Waals surface area contributed by atoms with Gasteiger partial charge in [0.05, 0.1) is 5.92 Å². The van der Waals surface area contributed by atoms with Crippen LogP contribution in [0.15, 0.2) is 24.3 Å². The van der Waals surface area contributed by atoms with Gasteiger partial charge in [-0.05, 0) is 36.5 Å². The number of carboxylic acid groups (broad SMARTS) is 1. The summed E-state index contributed by atoms with van der Waals surface area (Å²) in [6.07, 6.45) is 3.75. The molecular formula is C18H23FN2O4. The fourth-order valence-electron chi connectivity index (χ4n) is 3.26. The van der Waals surface area contributed by atoms with Gasteiger partial charge in [-0.25, -0.2) is 4.39 Å². The minimum absolute atomic E-state index is 0.0676. The molecule has 1 aromatic carbocycles. The van der Waals surface area contributed by atoms with E-state index in [-0.39, 0.29) is 24.3 Å². The van der Waals surface area contributed by atoms with Crippen LogP contribution >= 0.6 is 0 Å². The molecule has 6 nitrogen and oxygen atoms in total. The van der Waals surface area contributed by atoms with Crippen molar-refractivity contribution in [2.24, 2.45) is 5.92 Å². The van der Waals surface area contributed by atoms with E-state index in [2.05, 4.69) is 10.6 Å². The molecule has 1 aromatic rings. The average molecular weight is 350 g/mol. The van der Waals surface area contributed by atoms with Crippen molar-refractivity contribution in [3.05, 3.63) is 35.6 Å². The molecule has 2 unspecified atom stereocenters. The van der Waals surface area contributed by atoms with E-state index < -0.39 is 23.7 Å². The van der Waals surface area contributed by atoms with Gasteiger partial charge >= 0.3 is 5.97 Å². The number of carbonyl (C=O) groups excluding carboxylic acids is 2. The highest BCUT2D eigenvalue weighted by atomic mass is 19.1. The molecule has 1 fully saturated rings. The second kappa shape index (κ2) is 8.60. The second-order valence-corrected chi connectivity index (χ2v) is 6.41. The van der Waals surface area contributed by atoms with Gasteiger partial charge in [-0.3, -0.25) is 14.4 Å². The molecule has 7 heteroatoms. The topological polar surface area (TPSA) is 95.5 Å². The number of carbonyl (C=O) groups is 3. The third-order valence-electron chi connectivity index (χ3n) is 4.56. The van der Waals surface area contributed by atoms with Crippen LogP contribution in [-0.2, 0) is 14.4 Å². The van der Waals surface area contributed by atoms with Crippen LogP contribution in [0.25, 0.3) is 0 Å². The number of carboxylic acids is 1. The lowest BCUT2D eigenvalue weighted by Gasteiger charge is -2.24. The minimum atomic E-state index is -1.11. The van der Waals surface area contributed by atoms with E-state index in [1.807, 2.05) is 0 Å². The van der Waals surface area contributed by atoms with Crippen LogP contribution in [0.4, 0.5) is 4.39 Å². The highest BCUT2D eigenvalue weighted by molar-refractivity contribution is 5.87. The van der Waals surface area contributed by atoms with Gasteiger partial charge < -0.3 is 15.7 Å². The Morgan fingerprint density at radius 2 is 1.80 bits per heavy atom. The fourth-order valence-corrected chi connectivity index (χ4v) is 3.26. The molecule has 3 N–H and O–H groups in total. The molecule has 136 valence electrons. The van der Waals surface area contributed by atoms with Crippen LogP contribution in [0.3, 0.4) is 0 Å². The summed E-state index contributed by atoms with van der Waals surface area (Å²) < 4.78 is 13.0. The highest BCUT2D eigenvalue weighted by Gasteiger charge is 2.32. The van der Waals surface area contributed by atoms with Gasteiger partial charge in [0.25, 0.3) is 0 Å². The van der Waals surface area contributed by atoms with Crippen molar-refractivity contribution < 1.29 is 23.9 Å². The summed E-state index contributed by atoms with van der Waals surface area (Å²) in [5.74, 6) is -3.15. The molecule has 0 radical (unpaired) electrons. The van der Waals surface area contributed by atoms with Gasteiger partial charge in [0.2, 0.25) is 11.8 Å². The zero-order valence-corrected chi connectivity index (χ0v) is 14.1. The van der Waals surface area contributed by atoms with Gasteiger partial charge in [-0.15, -0.1) is 0 Å². The van der Waals surface area contributed by atoms with Crippen molar-refractivity contribution in [1.82, 2.24) is 10.6 Å². The predicted molar refractivity (Wildman–Crippen MR) is 89.3 cm³/mol. The van der Waals surface area contributed by atoms with Gasteiger partial charge in [-0.1, -0.05) is 25.0 Å². The summed E-state index contributed by atoms with van der Waals surface area (Å²) in [4.78, 5) is 35.4. The zero-order valence-electron chi connectivity index (χ0n) is 14.1. The second-order valence-electron chi connectivity index (χ2n) is 6.41. The van der Waals surface area contributed by atoms with Crippen molar-refractivity contribution in [2.45, 2.75) is 44.6 Å². The van der Waals surface area contributed by atoms with Crippen LogP contribution in [0, 0.1) is 11.7 Å². The Bertz CT molecular complexity index is 626. The van der Waals surface area contributed by atoms with Crippen molar-refractivity contribution in [3.63, 3.8) is 0 Å². The molecule has 1 aliphatic rings. The maximum atomic E-state index is 13.0. The standard InChI is InChI=1S/C18H23FN2O4/c1-11(22)21-16(13-4-2-3-5-13)17(23)20-10-15(18(24)25)12-6-8-14(19)9-7-12/h6-9,13,15-16H,2-5,10H2,1H3,(H,20,23)(H,21,22)(H,24,25). The number of halogens is 1. The Kier molecular flexibility index (Phi) is 6.50. The van der Waals surface area contributed by atoms with E-state index in [1.54, 1.807) is 0 Å². The van der Waals surface area contributed by atoms with E-state index in [9.17, 15) is 23.9 Å². The van der Waals surface area contributed by atoms with Gasteiger partial charge in [-0.2, -0.15) is 0 Å². The van der Waals surface area contributed by atoms with Gasteiger partial charge in [0.1, 0.15) is 11.9 Å². The summed E-state index contributed by atoms with van der Waals surface area (Å²) in [7, 11) is 0. The molecule has 25 heavy (non-hydrogen) atoms. The van der Waals surface area contributed by atoms with Crippen molar-refractivity contribution in [1.29, 1.82) is 0 Å². The smallest absolute Gasteiger partial charge is 0.312 e. The van der Waals surface area contributed by atoms with Crippen LogP contribution in [0.5, 0.6) is 0 Å². The first kappa shape index (κ1) is 18.9. The Labute approximate surface area is 145 Å². The van der Waals surface area contributed by atoms with E-state index in [1.165, 1.54) is 31.2 Å². The molecule has 2 amide bonds. The number of hydrogen-bond acceptors (Lipinski definition) is 3. The lowest BCUT2D eigenvalue weighted by Crippen LogP contribution is -2.50. The largest absolute Gasteiger partial charge is 0.481 e. The average Bonchev–Trinajstić information content (AvgIpc) is 3.08. The molecule has 0 aromatic heterocycles.